The van der Waals surface area contributed by atoms with Gasteiger partial charge in [-0.3, -0.25) is 9.48 Å². The molecule has 1 aromatic carbocycles. The maximum Gasteiger partial charge on any atom is 0.263 e. The lowest BCUT2D eigenvalue weighted by molar-refractivity contribution is 0.0731. The number of hydrogen-bond acceptors (Lipinski definition) is 4. The number of amides is 1. The number of aryl methyl sites for hydroxylation is 1. The number of ether oxygens (including phenoxy) is 1. The van der Waals surface area contributed by atoms with E-state index >= 15 is 0 Å². The molecule has 9 heteroatoms. The first-order chi connectivity index (χ1) is 14.8. The van der Waals surface area contributed by atoms with Gasteiger partial charge in [-0.2, -0.15) is 5.10 Å². The summed E-state index contributed by atoms with van der Waals surface area (Å²) in [4.78, 5) is 18.9. The van der Waals surface area contributed by atoms with E-state index in [4.69, 9.17) is 4.74 Å². The quantitative estimate of drug-likeness (QED) is 0.626. The van der Waals surface area contributed by atoms with Crippen LogP contribution in [0.2, 0.25) is 0 Å². The molecule has 0 unspecified atom stereocenters. The van der Waals surface area contributed by atoms with E-state index in [1.807, 2.05) is 0 Å². The first-order valence-electron chi connectivity index (χ1n) is 9.72. The Labute approximate surface area is 177 Å². The molecule has 0 spiro atoms. The second-order valence-electron chi connectivity index (χ2n) is 7.44. The van der Waals surface area contributed by atoms with E-state index < -0.39 is 12.2 Å². The Morgan fingerprint density at radius 3 is 2.74 bits per heavy atom. The van der Waals surface area contributed by atoms with Gasteiger partial charge >= 0.3 is 0 Å². The number of benzene rings is 1. The summed E-state index contributed by atoms with van der Waals surface area (Å²) < 4.78 is 47.0. The van der Waals surface area contributed by atoms with Crippen LogP contribution in [-0.4, -0.2) is 39.2 Å². The van der Waals surface area contributed by atoms with E-state index in [0.29, 0.717) is 46.9 Å². The summed E-state index contributed by atoms with van der Waals surface area (Å²) in [6.45, 7) is 2.46. The van der Waals surface area contributed by atoms with Crippen LogP contribution in [0.3, 0.4) is 0 Å². The zero-order chi connectivity index (χ0) is 22.3. The number of halogens is 3. The van der Waals surface area contributed by atoms with Gasteiger partial charge in [0.25, 0.3) is 12.3 Å². The summed E-state index contributed by atoms with van der Waals surface area (Å²) in [6, 6.07) is 5.00. The third-order valence-electron chi connectivity index (χ3n) is 5.52. The molecule has 1 aliphatic rings. The molecule has 1 aliphatic heterocycles. The monoisotopic (exact) mass is 430 g/mol. The largest absolute Gasteiger partial charge is 0.481 e. The standard InChI is InChI=1S/C22H21F3N4O2/c1-12-16(4-6-26-21(12)31-3)22(30)29-7-5-17-18(11-29)27-28(2)19(17)13-8-14(20(24)25)10-15(23)9-13/h4,6,8-10,20H,5,7,11H2,1-3H3. The number of nitrogens with zero attached hydrogens (tertiary/aromatic N) is 4. The summed E-state index contributed by atoms with van der Waals surface area (Å²) in [6.07, 6.45) is -0.767. The van der Waals surface area contributed by atoms with E-state index in [9.17, 15) is 18.0 Å². The SMILES string of the molecule is COc1nccc(C(=O)N2CCc3c(nn(C)c3-c3cc(F)cc(C(F)F)c3)C2)c1C. The lowest BCUT2D eigenvalue weighted by Crippen LogP contribution is -2.36. The molecule has 0 aliphatic carbocycles. The fourth-order valence-corrected chi connectivity index (χ4v) is 4.05. The van der Waals surface area contributed by atoms with Crippen molar-refractivity contribution in [3.05, 3.63) is 64.2 Å². The number of pyridine rings is 1. The third-order valence-corrected chi connectivity index (χ3v) is 5.52. The number of carbonyl (C=O) groups excluding carboxylic acids is 1. The number of hydrogen-bond donors (Lipinski definition) is 0. The fraction of sp³-hybridized carbons (Fsp3) is 0.318. The van der Waals surface area contributed by atoms with Crippen molar-refractivity contribution in [1.82, 2.24) is 19.7 Å². The first kappa shape index (κ1) is 20.9. The molecular weight excluding hydrogens is 409 g/mol. The van der Waals surface area contributed by atoms with Crippen molar-refractivity contribution >= 4 is 5.91 Å². The summed E-state index contributed by atoms with van der Waals surface area (Å²) in [5.74, 6) is -0.496. The van der Waals surface area contributed by atoms with Crippen LogP contribution in [0.1, 0.15) is 39.2 Å². The highest BCUT2D eigenvalue weighted by Gasteiger charge is 2.29. The molecule has 0 fully saturated rings. The van der Waals surface area contributed by atoms with E-state index in [0.717, 1.165) is 11.6 Å². The Bertz CT molecular complexity index is 1160. The second-order valence-corrected chi connectivity index (χ2v) is 7.44. The molecule has 4 rings (SSSR count). The predicted molar refractivity (Wildman–Crippen MR) is 108 cm³/mol. The number of rotatable bonds is 4. The van der Waals surface area contributed by atoms with Crippen LogP contribution in [0, 0.1) is 12.7 Å². The van der Waals surface area contributed by atoms with Gasteiger partial charge in [0.15, 0.2) is 0 Å². The average molecular weight is 430 g/mol. The molecule has 0 saturated carbocycles. The molecule has 6 nitrogen and oxygen atoms in total. The van der Waals surface area contributed by atoms with Crippen LogP contribution < -0.4 is 4.74 Å². The van der Waals surface area contributed by atoms with E-state index in [1.165, 1.54) is 25.4 Å². The maximum atomic E-state index is 14.0. The Morgan fingerprint density at radius 2 is 2.03 bits per heavy atom. The minimum absolute atomic E-state index is 0.165. The van der Waals surface area contributed by atoms with Gasteiger partial charge in [-0.05, 0) is 37.6 Å². The van der Waals surface area contributed by atoms with Crippen molar-refractivity contribution in [3.8, 4) is 17.1 Å². The Hall–Kier alpha value is -3.36. The van der Waals surface area contributed by atoms with Crippen LogP contribution in [0.5, 0.6) is 5.88 Å². The zero-order valence-electron chi connectivity index (χ0n) is 17.3. The maximum absolute atomic E-state index is 14.0. The van der Waals surface area contributed by atoms with Crippen LogP contribution in [0.15, 0.2) is 30.5 Å². The van der Waals surface area contributed by atoms with Gasteiger partial charge in [-0.1, -0.05) is 0 Å². The second kappa shape index (κ2) is 8.05. The molecule has 0 saturated heterocycles. The van der Waals surface area contributed by atoms with Crippen molar-refractivity contribution in [2.75, 3.05) is 13.7 Å². The smallest absolute Gasteiger partial charge is 0.263 e. The molecule has 31 heavy (non-hydrogen) atoms. The van der Waals surface area contributed by atoms with Gasteiger partial charge in [-0.25, -0.2) is 18.2 Å². The molecule has 1 amide bonds. The summed E-state index contributed by atoms with van der Waals surface area (Å²) in [5, 5.41) is 4.49. The first-order valence-corrected chi connectivity index (χ1v) is 9.72. The fourth-order valence-electron chi connectivity index (χ4n) is 4.05. The Balaban J connectivity index is 1.66. The third kappa shape index (κ3) is 3.75. The Morgan fingerprint density at radius 1 is 1.26 bits per heavy atom. The number of aromatic nitrogens is 3. The van der Waals surface area contributed by atoms with Crippen LogP contribution in [0.25, 0.3) is 11.3 Å². The molecule has 3 aromatic rings. The van der Waals surface area contributed by atoms with E-state index in [-0.39, 0.29) is 18.0 Å². The molecule has 0 N–H and O–H groups in total. The lowest BCUT2D eigenvalue weighted by atomic mass is 9.98. The normalized spacial score (nSPS) is 13.5. The van der Waals surface area contributed by atoms with Gasteiger partial charge in [-0.15, -0.1) is 0 Å². The highest BCUT2D eigenvalue weighted by molar-refractivity contribution is 5.96. The zero-order valence-corrected chi connectivity index (χ0v) is 17.3. The molecule has 2 aromatic heterocycles. The molecule has 162 valence electrons. The summed E-state index contributed by atoms with van der Waals surface area (Å²) >= 11 is 0. The van der Waals surface area contributed by atoms with Gasteiger partial charge in [0.05, 0.1) is 25.0 Å². The predicted octanol–water partition coefficient (Wildman–Crippen LogP) is 4.07. The van der Waals surface area contributed by atoms with Crippen molar-refractivity contribution < 1.29 is 22.7 Å². The number of alkyl halides is 2. The lowest BCUT2D eigenvalue weighted by Gasteiger charge is -2.27. The van der Waals surface area contributed by atoms with E-state index in [1.54, 1.807) is 29.6 Å². The van der Waals surface area contributed by atoms with Crippen molar-refractivity contribution in [1.29, 1.82) is 0 Å². The number of fused-ring (bicyclic) bond motifs is 1. The van der Waals surface area contributed by atoms with Crippen molar-refractivity contribution in [2.45, 2.75) is 26.3 Å². The molecule has 3 heterocycles. The minimum Gasteiger partial charge on any atom is -0.481 e. The van der Waals surface area contributed by atoms with Crippen LogP contribution in [-0.2, 0) is 20.0 Å². The molecule has 0 radical (unpaired) electrons. The van der Waals surface area contributed by atoms with Crippen LogP contribution in [0.4, 0.5) is 13.2 Å². The van der Waals surface area contributed by atoms with Gasteiger partial charge < -0.3 is 9.64 Å². The van der Waals surface area contributed by atoms with E-state index in [2.05, 4.69) is 10.1 Å². The summed E-state index contributed by atoms with van der Waals surface area (Å²) in [5.41, 5.74) is 3.21. The highest BCUT2D eigenvalue weighted by Crippen LogP contribution is 2.33. The van der Waals surface area contributed by atoms with Gasteiger partial charge in [0.2, 0.25) is 5.88 Å². The average Bonchev–Trinajstić information content (AvgIpc) is 3.07. The number of carbonyl (C=O) groups is 1. The molecular formula is C22H21F3N4O2. The number of methoxy groups -OCH3 is 1. The van der Waals surface area contributed by atoms with Crippen LogP contribution >= 0.6 is 0 Å². The Kier molecular flexibility index (Phi) is 5.43. The summed E-state index contributed by atoms with van der Waals surface area (Å²) in [7, 11) is 3.18. The topological polar surface area (TPSA) is 60.2 Å². The highest BCUT2D eigenvalue weighted by atomic mass is 19.3. The molecule has 0 atom stereocenters. The van der Waals surface area contributed by atoms with Gasteiger partial charge in [0.1, 0.15) is 5.82 Å². The van der Waals surface area contributed by atoms with Gasteiger partial charge in [0, 0.05) is 47.6 Å². The van der Waals surface area contributed by atoms with Crippen molar-refractivity contribution in [2.24, 2.45) is 7.05 Å². The van der Waals surface area contributed by atoms with Crippen molar-refractivity contribution in [3.63, 3.8) is 0 Å². The molecule has 0 bridgehead atoms. The minimum atomic E-state index is -2.77.